The van der Waals surface area contributed by atoms with E-state index >= 15 is 0 Å². The summed E-state index contributed by atoms with van der Waals surface area (Å²) in [7, 11) is -2.84. The van der Waals surface area contributed by atoms with E-state index in [1.165, 1.54) is 6.07 Å². The summed E-state index contributed by atoms with van der Waals surface area (Å²) in [5, 5.41) is 10.1. The van der Waals surface area contributed by atoms with Crippen molar-refractivity contribution in [2.24, 2.45) is 0 Å². The molecule has 0 saturated heterocycles. The van der Waals surface area contributed by atoms with Crippen LogP contribution in [0.1, 0.15) is 18.1 Å². The second-order valence-corrected chi connectivity index (χ2v) is 9.60. The third-order valence-electron chi connectivity index (χ3n) is 4.19. The fourth-order valence-corrected chi connectivity index (χ4v) is 5.24. The Morgan fingerprint density at radius 1 is 1.00 bits per heavy atom. The van der Waals surface area contributed by atoms with Crippen molar-refractivity contribution in [3.8, 4) is 5.75 Å². The standard InChI is InChI=1S/C20H13Br3O4S/c1-10-6-11(7-14(21)19(10)24)18(12-8-15(22)20(25)16(23)9-12)13-4-2-3-5-17(13)28(26)27/h2-9,25,28H,1H3/b18-11+. The molecule has 28 heavy (non-hydrogen) atoms. The molecular formula is C20H13Br3O4S. The number of phenols is 1. The maximum absolute atomic E-state index is 12.1. The van der Waals surface area contributed by atoms with E-state index in [1.54, 1.807) is 49.4 Å². The molecule has 0 heterocycles. The number of Topliss-reactive ketones (excluding diaryl/α,β-unsaturated/α-hetero) is 1. The first-order valence-electron chi connectivity index (χ1n) is 7.97. The summed E-state index contributed by atoms with van der Waals surface area (Å²) in [5.41, 5.74) is 3.01. The molecule has 1 aliphatic rings. The number of halogens is 3. The molecule has 0 radical (unpaired) electrons. The lowest BCUT2D eigenvalue weighted by atomic mass is 9.89. The summed E-state index contributed by atoms with van der Waals surface area (Å²) in [6.45, 7) is 1.71. The second-order valence-electron chi connectivity index (χ2n) is 6.04. The van der Waals surface area contributed by atoms with Gasteiger partial charge >= 0.3 is 0 Å². The normalized spacial score (nSPS) is 16.1. The molecule has 1 N–H and O–H groups in total. The predicted octanol–water partition coefficient (Wildman–Crippen LogP) is 5.50. The minimum atomic E-state index is -2.84. The molecule has 1 aliphatic carbocycles. The van der Waals surface area contributed by atoms with Gasteiger partial charge in [0.25, 0.3) is 0 Å². The van der Waals surface area contributed by atoms with Crippen molar-refractivity contribution >= 4 is 69.9 Å². The second kappa shape index (κ2) is 8.49. The smallest absolute Gasteiger partial charge is 0.195 e. The van der Waals surface area contributed by atoms with Crippen molar-refractivity contribution < 1.29 is 18.3 Å². The molecule has 0 fully saturated rings. The van der Waals surface area contributed by atoms with Crippen LogP contribution >= 0.6 is 47.8 Å². The van der Waals surface area contributed by atoms with Gasteiger partial charge in [0.1, 0.15) is 5.75 Å². The molecule has 4 nitrogen and oxygen atoms in total. The van der Waals surface area contributed by atoms with Crippen molar-refractivity contribution in [3.05, 3.63) is 84.3 Å². The molecule has 3 rings (SSSR count). The van der Waals surface area contributed by atoms with E-state index in [2.05, 4.69) is 47.8 Å². The topological polar surface area (TPSA) is 71.4 Å². The number of allylic oxidation sites excluding steroid dienone is 5. The molecule has 0 aliphatic heterocycles. The van der Waals surface area contributed by atoms with Gasteiger partial charge in [0.05, 0.1) is 18.3 Å². The molecule has 0 bridgehead atoms. The number of carbonyl (C=O) groups is 1. The van der Waals surface area contributed by atoms with Crippen LogP contribution in [0.25, 0.3) is 5.57 Å². The molecule has 2 aromatic carbocycles. The van der Waals surface area contributed by atoms with Crippen LogP contribution in [0, 0.1) is 0 Å². The lowest BCUT2D eigenvalue weighted by Gasteiger charge is -2.18. The number of hydrogen-bond acceptors (Lipinski definition) is 4. The summed E-state index contributed by atoms with van der Waals surface area (Å²) in [6, 6.07) is 10.1. The highest BCUT2D eigenvalue weighted by atomic mass is 79.9. The van der Waals surface area contributed by atoms with Gasteiger partial charge in [-0.1, -0.05) is 18.2 Å². The maximum Gasteiger partial charge on any atom is 0.195 e. The quantitative estimate of drug-likeness (QED) is 0.465. The molecule has 0 saturated carbocycles. The van der Waals surface area contributed by atoms with E-state index in [0.717, 1.165) is 0 Å². The number of benzene rings is 2. The molecule has 2 aromatic rings. The molecule has 144 valence electrons. The van der Waals surface area contributed by atoms with Gasteiger partial charge in [-0.15, -0.1) is 0 Å². The van der Waals surface area contributed by atoms with E-state index in [0.29, 0.717) is 41.3 Å². The van der Waals surface area contributed by atoms with Gasteiger partial charge in [-0.25, -0.2) is 8.42 Å². The number of hydrogen-bond donors (Lipinski definition) is 2. The van der Waals surface area contributed by atoms with Gasteiger partial charge < -0.3 is 5.11 Å². The number of rotatable bonds is 3. The molecule has 0 amide bonds. The summed E-state index contributed by atoms with van der Waals surface area (Å²) in [4.78, 5) is 12.3. The summed E-state index contributed by atoms with van der Waals surface area (Å²) < 4.78 is 25.0. The first-order chi connectivity index (χ1) is 13.2. The fourth-order valence-electron chi connectivity index (χ4n) is 2.91. The van der Waals surface area contributed by atoms with E-state index in [1.807, 2.05) is 0 Å². The predicted molar refractivity (Wildman–Crippen MR) is 120 cm³/mol. The van der Waals surface area contributed by atoms with Crippen LogP contribution in [-0.4, -0.2) is 19.3 Å². The van der Waals surface area contributed by atoms with Gasteiger partial charge in [0, 0.05) is 5.56 Å². The summed E-state index contributed by atoms with van der Waals surface area (Å²) in [6.07, 6.45) is 3.40. The Morgan fingerprint density at radius 3 is 2.18 bits per heavy atom. The zero-order chi connectivity index (χ0) is 20.6. The maximum atomic E-state index is 12.1. The third-order valence-corrected chi connectivity index (χ3v) is 6.78. The number of carbonyl (C=O) groups excluding carboxylic acids is 1. The number of thiol groups is 1. The Kier molecular flexibility index (Phi) is 6.44. The molecular weight excluding hydrogens is 576 g/mol. The van der Waals surface area contributed by atoms with Gasteiger partial charge in [-0.2, -0.15) is 0 Å². The Hall–Kier alpha value is -1.48. The van der Waals surface area contributed by atoms with Gasteiger partial charge in [-0.05, 0) is 107 Å². The van der Waals surface area contributed by atoms with Gasteiger partial charge in [0.2, 0.25) is 0 Å². The molecule has 0 unspecified atom stereocenters. The van der Waals surface area contributed by atoms with Crippen molar-refractivity contribution in [1.29, 1.82) is 0 Å². The third kappa shape index (κ3) is 4.10. The Balaban J connectivity index is 2.44. The number of aromatic hydroxyl groups is 1. The SMILES string of the molecule is CC1=C/C(=C(/c2cc(Br)c(O)c(Br)c2)c2ccccc2[SH](=O)=O)C=C(Br)C1=O. The van der Waals surface area contributed by atoms with Crippen molar-refractivity contribution in [3.63, 3.8) is 0 Å². The molecule has 0 spiro atoms. The molecule has 0 aromatic heterocycles. The van der Waals surface area contributed by atoms with Crippen molar-refractivity contribution in [1.82, 2.24) is 0 Å². The Labute approximate surface area is 189 Å². The average Bonchev–Trinajstić information content (AvgIpc) is 2.64. The summed E-state index contributed by atoms with van der Waals surface area (Å²) >= 11 is 9.95. The van der Waals surface area contributed by atoms with Crippen LogP contribution in [0.15, 0.2) is 78.0 Å². The lowest BCUT2D eigenvalue weighted by molar-refractivity contribution is -0.111. The van der Waals surface area contributed by atoms with Crippen LogP contribution in [0.4, 0.5) is 0 Å². The highest BCUT2D eigenvalue weighted by molar-refractivity contribution is 9.12. The summed E-state index contributed by atoms with van der Waals surface area (Å²) in [5.74, 6) is -0.0853. The van der Waals surface area contributed by atoms with Crippen LogP contribution in [0.5, 0.6) is 5.75 Å². The van der Waals surface area contributed by atoms with Crippen molar-refractivity contribution in [2.45, 2.75) is 11.8 Å². The van der Waals surface area contributed by atoms with Crippen LogP contribution < -0.4 is 0 Å². The molecule has 0 atom stereocenters. The Morgan fingerprint density at radius 2 is 1.61 bits per heavy atom. The molecule has 8 heteroatoms. The minimum Gasteiger partial charge on any atom is -0.506 e. The monoisotopic (exact) mass is 586 g/mol. The zero-order valence-corrected chi connectivity index (χ0v) is 20.0. The van der Waals surface area contributed by atoms with Crippen molar-refractivity contribution in [2.75, 3.05) is 0 Å². The van der Waals surface area contributed by atoms with E-state index in [9.17, 15) is 18.3 Å². The average molecular weight is 589 g/mol. The largest absolute Gasteiger partial charge is 0.506 e. The van der Waals surface area contributed by atoms with Crippen LogP contribution in [0.3, 0.4) is 0 Å². The van der Waals surface area contributed by atoms with Crippen LogP contribution in [-0.2, 0) is 15.5 Å². The van der Waals surface area contributed by atoms with E-state index in [-0.39, 0.29) is 16.4 Å². The van der Waals surface area contributed by atoms with Crippen LogP contribution in [0.2, 0.25) is 0 Å². The Bertz CT molecular complexity index is 1120. The lowest BCUT2D eigenvalue weighted by Crippen LogP contribution is -2.06. The van der Waals surface area contributed by atoms with E-state index < -0.39 is 10.7 Å². The first-order valence-corrected chi connectivity index (χ1v) is 11.5. The number of ketones is 1. The highest BCUT2D eigenvalue weighted by Gasteiger charge is 2.21. The van der Waals surface area contributed by atoms with Gasteiger partial charge in [0.15, 0.2) is 16.5 Å². The minimum absolute atomic E-state index is 0.0403. The zero-order valence-electron chi connectivity index (χ0n) is 14.4. The highest BCUT2D eigenvalue weighted by Crippen LogP contribution is 2.40. The van der Waals surface area contributed by atoms with E-state index in [4.69, 9.17) is 0 Å². The van der Waals surface area contributed by atoms with Gasteiger partial charge in [-0.3, -0.25) is 4.79 Å². The number of phenolic OH excluding ortho intramolecular Hbond substituents is 1. The fraction of sp³-hybridized carbons (Fsp3) is 0.0500. The first kappa shape index (κ1) is 21.2.